The highest BCUT2D eigenvalue weighted by Gasteiger charge is 2.25. The minimum Gasteiger partial charge on any atom is -0.494 e. The van der Waals surface area contributed by atoms with Gasteiger partial charge in [0.2, 0.25) is 0 Å². The van der Waals surface area contributed by atoms with Crippen molar-refractivity contribution in [3.63, 3.8) is 0 Å². The molecule has 0 unspecified atom stereocenters. The maximum atomic E-state index is 12.8. The molecule has 0 radical (unpaired) electrons. The third kappa shape index (κ3) is 4.73. The van der Waals surface area contributed by atoms with Crippen LogP contribution in [0.15, 0.2) is 60.8 Å². The Bertz CT molecular complexity index is 974. The minimum absolute atomic E-state index is 0.0698. The average Bonchev–Trinajstić information content (AvgIpc) is 2.80. The Hall–Kier alpha value is -3.08. The van der Waals surface area contributed by atoms with Crippen LogP contribution in [-0.2, 0) is 0 Å². The van der Waals surface area contributed by atoms with Crippen LogP contribution in [0.4, 0.5) is 0 Å². The Kier molecular flexibility index (Phi) is 6.47. The smallest absolute Gasteiger partial charge is 0.253 e. The van der Waals surface area contributed by atoms with Gasteiger partial charge in [-0.1, -0.05) is 31.5 Å². The number of hydrogen-bond acceptors (Lipinski definition) is 4. The van der Waals surface area contributed by atoms with E-state index in [4.69, 9.17) is 9.47 Å². The molecule has 1 aliphatic rings. The largest absolute Gasteiger partial charge is 0.494 e. The molecule has 0 bridgehead atoms. The number of piperidine rings is 1. The zero-order valence-electron chi connectivity index (χ0n) is 17.4. The molecule has 2 aromatic carbocycles. The van der Waals surface area contributed by atoms with Crippen molar-refractivity contribution in [3.8, 4) is 11.5 Å². The summed E-state index contributed by atoms with van der Waals surface area (Å²) < 4.78 is 11.9. The molecule has 2 heterocycles. The summed E-state index contributed by atoms with van der Waals surface area (Å²) >= 11 is 0. The number of carbonyl (C=O) groups excluding carboxylic acids is 1. The molecule has 1 aliphatic heterocycles. The lowest BCUT2D eigenvalue weighted by atomic mass is 10.1. The van der Waals surface area contributed by atoms with Crippen LogP contribution < -0.4 is 9.47 Å². The third-order valence-electron chi connectivity index (χ3n) is 5.49. The van der Waals surface area contributed by atoms with E-state index in [1.54, 1.807) is 6.20 Å². The van der Waals surface area contributed by atoms with Gasteiger partial charge in [0, 0.05) is 43.1 Å². The van der Waals surface area contributed by atoms with Crippen LogP contribution in [0, 0.1) is 0 Å². The van der Waals surface area contributed by atoms with Crippen LogP contribution in [0.1, 0.15) is 43.0 Å². The monoisotopic (exact) mass is 404 g/mol. The number of carbonyl (C=O) groups is 1. The Morgan fingerprint density at radius 3 is 2.60 bits per heavy atom. The number of ether oxygens (including phenoxy) is 2. The van der Waals surface area contributed by atoms with Crippen molar-refractivity contribution in [3.05, 3.63) is 66.4 Å². The van der Waals surface area contributed by atoms with E-state index >= 15 is 0 Å². The van der Waals surface area contributed by atoms with Crippen LogP contribution in [0.3, 0.4) is 0 Å². The summed E-state index contributed by atoms with van der Waals surface area (Å²) in [5, 5.41) is 1.07. The number of benzene rings is 2. The van der Waals surface area contributed by atoms with Crippen LogP contribution in [0.25, 0.3) is 10.9 Å². The van der Waals surface area contributed by atoms with Crippen LogP contribution in [0.2, 0.25) is 0 Å². The normalized spacial score (nSPS) is 14.6. The quantitative estimate of drug-likeness (QED) is 0.514. The van der Waals surface area contributed by atoms with E-state index in [0.29, 0.717) is 25.3 Å². The molecule has 30 heavy (non-hydrogen) atoms. The second-order valence-electron chi connectivity index (χ2n) is 7.67. The van der Waals surface area contributed by atoms with Crippen molar-refractivity contribution in [2.24, 2.45) is 0 Å². The molecule has 0 saturated carbocycles. The molecule has 0 N–H and O–H groups in total. The predicted octanol–water partition coefficient (Wildman–Crippen LogP) is 5.10. The summed E-state index contributed by atoms with van der Waals surface area (Å²) in [6.45, 7) is 4.23. The Morgan fingerprint density at radius 1 is 1.07 bits per heavy atom. The van der Waals surface area contributed by atoms with Crippen molar-refractivity contribution in [2.75, 3.05) is 19.7 Å². The lowest BCUT2D eigenvalue weighted by molar-refractivity contribution is 0.0597. The van der Waals surface area contributed by atoms with E-state index in [-0.39, 0.29) is 12.0 Å². The standard InChI is InChI=1S/C25H28N2O3/c1-2-3-18-29-21-11-9-20(10-12-21)25(28)27-16-13-22(14-17-27)30-23-8-4-6-19-7-5-15-26-24(19)23/h4-12,15,22H,2-3,13-14,16-18H2,1H3. The molecule has 4 rings (SSSR count). The molecule has 0 aliphatic carbocycles. The molecule has 1 aromatic heterocycles. The van der Waals surface area contributed by atoms with Crippen molar-refractivity contribution >= 4 is 16.8 Å². The summed E-state index contributed by atoms with van der Waals surface area (Å²) in [4.78, 5) is 19.2. The predicted molar refractivity (Wildman–Crippen MR) is 118 cm³/mol. The molecular formula is C25H28N2O3. The molecule has 5 nitrogen and oxygen atoms in total. The number of likely N-dealkylation sites (tertiary alicyclic amines) is 1. The highest BCUT2D eigenvalue weighted by atomic mass is 16.5. The summed E-state index contributed by atoms with van der Waals surface area (Å²) in [5.41, 5.74) is 1.59. The topological polar surface area (TPSA) is 51.7 Å². The van der Waals surface area contributed by atoms with Gasteiger partial charge in [-0.25, -0.2) is 0 Å². The Labute approximate surface area is 177 Å². The van der Waals surface area contributed by atoms with Crippen LogP contribution in [-0.4, -0.2) is 41.6 Å². The first-order valence-electron chi connectivity index (χ1n) is 10.8. The zero-order chi connectivity index (χ0) is 20.8. The summed E-state index contributed by atoms with van der Waals surface area (Å²) in [6, 6.07) is 17.4. The van der Waals surface area contributed by atoms with Gasteiger partial charge in [-0.15, -0.1) is 0 Å². The number of aromatic nitrogens is 1. The van der Waals surface area contributed by atoms with Crippen molar-refractivity contribution in [2.45, 2.75) is 38.7 Å². The van der Waals surface area contributed by atoms with Gasteiger partial charge >= 0.3 is 0 Å². The maximum absolute atomic E-state index is 12.8. The second-order valence-corrected chi connectivity index (χ2v) is 7.67. The molecule has 156 valence electrons. The number of amides is 1. The van der Waals surface area contributed by atoms with E-state index in [0.717, 1.165) is 48.1 Å². The number of nitrogens with zero attached hydrogens (tertiary/aromatic N) is 2. The van der Waals surface area contributed by atoms with E-state index in [1.807, 2.05) is 59.5 Å². The maximum Gasteiger partial charge on any atom is 0.253 e. The lowest BCUT2D eigenvalue weighted by Gasteiger charge is -2.32. The number of para-hydroxylation sites is 1. The molecule has 0 spiro atoms. The lowest BCUT2D eigenvalue weighted by Crippen LogP contribution is -2.41. The summed E-state index contributed by atoms with van der Waals surface area (Å²) in [5.74, 6) is 1.70. The second kappa shape index (κ2) is 9.61. The van der Waals surface area contributed by atoms with Crippen molar-refractivity contribution < 1.29 is 14.3 Å². The fraction of sp³-hybridized carbons (Fsp3) is 0.360. The van der Waals surface area contributed by atoms with Crippen molar-refractivity contribution in [1.29, 1.82) is 0 Å². The summed E-state index contributed by atoms with van der Waals surface area (Å²) in [6.07, 6.45) is 5.65. The van der Waals surface area contributed by atoms with Gasteiger partial charge in [-0.3, -0.25) is 9.78 Å². The van der Waals surface area contributed by atoms with Crippen molar-refractivity contribution in [1.82, 2.24) is 9.88 Å². The number of hydrogen-bond donors (Lipinski definition) is 0. The number of unbranched alkanes of at least 4 members (excludes halogenated alkanes) is 1. The van der Waals surface area contributed by atoms with Gasteiger partial charge in [0.25, 0.3) is 5.91 Å². The fourth-order valence-corrected chi connectivity index (χ4v) is 3.74. The highest BCUT2D eigenvalue weighted by Crippen LogP contribution is 2.27. The first kappa shape index (κ1) is 20.2. The van der Waals surface area contributed by atoms with E-state index in [1.165, 1.54) is 0 Å². The van der Waals surface area contributed by atoms with Gasteiger partial charge in [0.1, 0.15) is 23.1 Å². The molecule has 1 fully saturated rings. The zero-order valence-corrected chi connectivity index (χ0v) is 17.4. The van der Waals surface area contributed by atoms with Crippen LogP contribution >= 0.6 is 0 Å². The molecule has 5 heteroatoms. The van der Waals surface area contributed by atoms with Gasteiger partial charge in [-0.2, -0.15) is 0 Å². The Balaban J connectivity index is 1.32. The highest BCUT2D eigenvalue weighted by molar-refractivity contribution is 5.94. The minimum atomic E-state index is 0.0698. The first-order chi connectivity index (χ1) is 14.7. The molecule has 1 saturated heterocycles. The fourth-order valence-electron chi connectivity index (χ4n) is 3.74. The van der Waals surface area contributed by atoms with E-state index in [2.05, 4.69) is 11.9 Å². The van der Waals surface area contributed by atoms with Gasteiger partial charge in [0.05, 0.1) is 6.61 Å². The summed E-state index contributed by atoms with van der Waals surface area (Å²) in [7, 11) is 0. The van der Waals surface area contributed by atoms with Crippen LogP contribution in [0.5, 0.6) is 11.5 Å². The number of pyridine rings is 1. The van der Waals surface area contributed by atoms with E-state index < -0.39 is 0 Å². The molecular weight excluding hydrogens is 376 g/mol. The molecule has 3 aromatic rings. The molecule has 0 atom stereocenters. The third-order valence-corrected chi connectivity index (χ3v) is 5.49. The number of rotatable bonds is 7. The SMILES string of the molecule is CCCCOc1ccc(C(=O)N2CCC(Oc3cccc4cccnc34)CC2)cc1. The van der Waals surface area contributed by atoms with Gasteiger partial charge < -0.3 is 14.4 Å². The van der Waals surface area contributed by atoms with Gasteiger partial charge in [-0.05, 0) is 42.8 Å². The Morgan fingerprint density at radius 2 is 1.83 bits per heavy atom. The first-order valence-corrected chi connectivity index (χ1v) is 10.8. The van der Waals surface area contributed by atoms with E-state index in [9.17, 15) is 4.79 Å². The molecule has 1 amide bonds. The van der Waals surface area contributed by atoms with Gasteiger partial charge in [0.15, 0.2) is 0 Å². The average molecular weight is 405 g/mol. The number of fused-ring (bicyclic) bond motifs is 1.